The summed E-state index contributed by atoms with van der Waals surface area (Å²) < 4.78 is 3.56. The lowest BCUT2D eigenvalue weighted by Crippen LogP contribution is -2.01. The number of benzene rings is 1. The molecule has 0 aliphatic rings. The summed E-state index contributed by atoms with van der Waals surface area (Å²) in [5, 5.41) is 18.3. The fourth-order valence-corrected chi connectivity index (χ4v) is 3.27. The first-order valence-electron chi connectivity index (χ1n) is 8.91. The van der Waals surface area contributed by atoms with Gasteiger partial charge in [-0.05, 0) is 42.0 Å². The monoisotopic (exact) mass is 367 g/mol. The largest absolute Gasteiger partial charge is 0.275 e. The highest BCUT2D eigenvalue weighted by molar-refractivity contribution is 5.84. The molecule has 0 aliphatic carbocycles. The van der Waals surface area contributed by atoms with Crippen LogP contribution in [-0.4, -0.2) is 34.6 Å². The lowest BCUT2D eigenvalue weighted by atomic mass is 10.0. The molecular formula is C21H17N7. The van der Waals surface area contributed by atoms with Crippen LogP contribution in [0, 0.1) is 0 Å². The van der Waals surface area contributed by atoms with E-state index in [4.69, 9.17) is 0 Å². The highest BCUT2D eigenvalue weighted by Crippen LogP contribution is 2.23. The summed E-state index contributed by atoms with van der Waals surface area (Å²) in [6, 6.07) is 12.1. The van der Waals surface area contributed by atoms with E-state index in [9.17, 15) is 0 Å². The molecule has 0 fully saturated rings. The van der Waals surface area contributed by atoms with Gasteiger partial charge in [-0.25, -0.2) is 0 Å². The van der Waals surface area contributed by atoms with Crippen molar-refractivity contribution in [2.24, 2.45) is 7.05 Å². The molecule has 7 nitrogen and oxygen atoms in total. The van der Waals surface area contributed by atoms with Gasteiger partial charge in [-0.2, -0.15) is 14.7 Å². The Kier molecular flexibility index (Phi) is 3.72. The van der Waals surface area contributed by atoms with Crippen LogP contribution in [0.5, 0.6) is 0 Å². The van der Waals surface area contributed by atoms with E-state index < -0.39 is 0 Å². The molecule has 0 bridgehead atoms. The minimum absolute atomic E-state index is 0.627. The Hall–Kier alpha value is -3.87. The number of nitrogens with zero attached hydrogens (tertiary/aromatic N) is 7. The molecule has 0 aliphatic heterocycles. The van der Waals surface area contributed by atoms with Gasteiger partial charge >= 0.3 is 0 Å². The molecule has 7 heteroatoms. The molecule has 136 valence electrons. The van der Waals surface area contributed by atoms with Crippen molar-refractivity contribution in [3.63, 3.8) is 0 Å². The van der Waals surface area contributed by atoms with Gasteiger partial charge in [0.05, 0.1) is 17.4 Å². The number of aryl methyl sites for hydroxylation is 1. The van der Waals surface area contributed by atoms with Crippen LogP contribution >= 0.6 is 0 Å². The van der Waals surface area contributed by atoms with Crippen LogP contribution in [0.3, 0.4) is 0 Å². The summed E-state index contributed by atoms with van der Waals surface area (Å²) in [7, 11) is 1.91. The second-order valence-electron chi connectivity index (χ2n) is 6.68. The SMILES string of the molecule is C=Cc1ccc2nnc(Cc3ccc4ncc(-c5cnn(C)c5)cc4c3)n2n1. The molecule has 4 heterocycles. The standard InChI is InChI=1S/C21H17N7/c1-3-18-5-7-20-24-25-21(28(20)26-18)9-14-4-6-19-15(8-14)10-16(11-22-19)17-12-23-27(2)13-17/h3-8,10-13H,1,9H2,2H3. The van der Waals surface area contributed by atoms with Crippen molar-refractivity contribution in [2.75, 3.05) is 0 Å². The molecule has 28 heavy (non-hydrogen) atoms. The Morgan fingerprint density at radius 1 is 1.04 bits per heavy atom. The first-order valence-corrected chi connectivity index (χ1v) is 8.91. The van der Waals surface area contributed by atoms with Gasteiger partial charge in [-0.15, -0.1) is 10.2 Å². The lowest BCUT2D eigenvalue weighted by molar-refractivity contribution is 0.768. The predicted molar refractivity (Wildman–Crippen MR) is 108 cm³/mol. The topological polar surface area (TPSA) is 73.8 Å². The minimum Gasteiger partial charge on any atom is -0.275 e. The highest BCUT2D eigenvalue weighted by Gasteiger charge is 2.09. The summed E-state index contributed by atoms with van der Waals surface area (Å²) >= 11 is 0. The number of pyridine rings is 1. The predicted octanol–water partition coefficient (Wildman–Crippen LogP) is 3.31. The first kappa shape index (κ1) is 16.3. The van der Waals surface area contributed by atoms with Gasteiger partial charge < -0.3 is 0 Å². The molecule has 5 aromatic rings. The number of fused-ring (bicyclic) bond motifs is 2. The molecule has 0 atom stereocenters. The van der Waals surface area contributed by atoms with E-state index >= 15 is 0 Å². The third-order valence-electron chi connectivity index (χ3n) is 4.70. The third-order valence-corrected chi connectivity index (χ3v) is 4.70. The van der Waals surface area contributed by atoms with Crippen LogP contribution in [0.4, 0.5) is 0 Å². The fourth-order valence-electron chi connectivity index (χ4n) is 3.27. The summed E-state index contributed by atoms with van der Waals surface area (Å²) in [6.07, 6.45) is 8.05. The Bertz CT molecular complexity index is 1330. The van der Waals surface area contributed by atoms with E-state index in [1.807, 2.05) is 43.8 Å². The second kappa shape index (κ2) is 6.38. The summed E-state index contributed by atoms with van der Waals surface area (Å²) in [5.74, 6) is 0.787. The van der Waals surface area contributed by atoms with E-state index in [2.05, 4.69) is 50.2 Å². The van der Waals surface area contributed by atoms with Gasteiger partial charge in [0.25, 0.3) is 0 Å². The summed E-state index contributed by atoms with van der Waals surface area (Å²) in [5.41, 5.74) is 5.68. The third kappa shape index (κ3) is 2.83. The molecule has 0 amide bonds. The van der Waals surface area contributed by atoms with Gasteiger partial charge in [-0.3, -0.25) is 9.67 Å². The minimum atomic E-state index is 0.627. The zero-order valence-electron chi connectivity index (χ0n) is 15.3. The Labute approximate surface area is 161 Å². The molecular weight excluding hydrogens is 350 g/mol. The molecule has 0 N–H and O–H groups in total. The Morgan fingerprint density at radius 2 is 1.96 bits per heavy atom. The van der Waals surface area contributed by atoms with E-state index in [1.54, 1.807) is 15.3 Å². The molecule has 0 unspecified atom stereocenters. The van der Waals surface area contributed by atoms with Crippen LogP contribution in [0.15, 0.2) is 61.6 Å². The zero-order valence-corrected chi connectivity index (χ0v) is 15.3. The molecule has 0 saturated heterocycles. The normalized spacial score (nSPS) is 11.3. The number of aromatic nitrogens is 7. The quantitative estimate of drug-likeness (QED) is 0.487. The van der Waals surface area contributed by atoms with Crippen LogP contribution < -0.4 is 0 Å². The van der Waals surface area contributed by atoms with Crippen molar-refractivity contribution in [1.82, 2.24) is 34.6 Å². The van der Waals surface area contributed by atoms with Crippen molar-refractivity contribution < 1.29 is 0 Å². The maximum absolute atomic E-state index is 4.58. The molecule has 1 aromatic carbocycles. The lowest BCUT2D eigenvalue weighted by Gasteiger charge is -2.05. The van der Waals surface area contributed by atoms with Crippen molar-refractivity contribution in [3.05, 3.63) is 78.6 Å². The van der Waals surface area contributed by atoms with E-state index in [0.29, 0.717) is 6.42 Å². The van der Waals surface area contributed by atoms with Crippen molar-refractivity contribution >= 4 is 22.6 Å². The summed E-state index contributed by atoms with van der Waals surface area (Å²) in [4.78, 5) is 4.58. The van der Waals surface area contributed by atoms with Crippen molar-refractivity contribution in [3.8, 4) is 11.1 Å². The average Bonchev–Trinajstić information content (AvgIpc) is 3.33. The summed E-state index contributed by atoms with van der Waals surface area (Å²) in [6.45, 7) is 3.78. The van der Waals surface area contributed by atoms with Crippen LogP contribution in [-0.2, 0) is 13.5 Å². The Morgan fingerprint density at radius 3 is 2.79 bits per heavy atom. The van der Waals surface area contributed by atoms with Gasteiger partial charge in [0.2, 0.25) is 0 Å². The van der Waals surface area contributed by atoms with Gasteiger partial charge in [0.1, 0.15) is 0 Å². The van der Waals surface area contributed by atoms with Crippen LogP contribution in [0.25, 0.3) is 33.8 Å². The van der Waals surface area contributed by atoms with Crippen molar-refractivity contribution in [2.45, 2.75) is 6.42 Å². The molecule has 4 aromatic heterocycles. The zero-order chi connectivity index (χ0) is 19.1. The van der Waals surface area contributed by atoms with Crippen LogP contribution in [0.2, 0.25) is 0 Å². The average molecular weight is 367 g/mol. The van der Waals surface area contributed by atoms with Gasteiger partial charge in [0.15, 0.2) is 11.5 Å². The first-order chi connectivity index (χ1) is 13.7. The fraction of sp³-hybridized carbons (Fsp3) is 0.0952. The van der Waals surface area contributed by atoms with Crippen molar-refractivity contribution in [1.29, 1.82) is 0 Å². The van der Waals surface area contributed by atoms with Gasteiger partial charge in [-0.1, -0.05) is 12.6 Å². The number of hydrogen-bond donors (Lipinski definition) is 0. The highest BCUT2D eigenvalue weighted by atomic mass is 15.4. The van der Waals surface area contributed by atoms with E-state index in [1.165, 1.54) is 0 Å². The van der Waals surface area contributed by atoms with Gasteiger partial charge in [0, 0.05) is 42.4 Å². The second-order valence-corrected chi connectivity index (χ2v) is 6.68. The molecule has 0 radical (unpaired) electrons. The van der Waals surface area contributed by atoms with E-state index in [-0.39, 0.29) is 0 Å². The number of rotatable bonds is 4. The smallest absolute Gasteiger partial charge is 0.177 e. The number of hydrogen-bond acceptors (Lipinski definition) is 5. The maximum atomic E-state index is 4.58. The molecule has 5 rings (SSSR count). The van der Waals surface area contributed by atoms with E-state index in [0.717, 1.165) is 44.8 Å². The molecule has 0 saturated carbocycles. The molecule has 0 spiro atoms. The Balaban J connectivity index is 1.53. The van der Waals surface area contributed by atoms with Crippen LogP contribution in [0.1, 0.15) is 17.1 Å². The maximum Gasteiger partial charge on any atom is 0.177 e.